The van der Waals surface area contributed by atoms with Crippen molar-refractivity contribution in [1.82, 2.24) is 10.6 Å². The van der Waals surface area contributed by atoms with Gasteiger partial charge in [-0.25, -0.2) is 0 Å². The molecule has 1 aliphatic heterocycles. The zero-order valence-electron chi connectivity index (χ0n) is 15.3. The molecule has 1 aliphatic rings. The van der Waals surface area contributed by atoms with E-state index in [1.54, 1.807) is 0 Å². The number of nitrogens with one attached hydrogen (secondary N) is 2. The molecule has 0 spiro atoms. The van der Waals surface area contributed by atoms with Crippen molar-refractivity contribution >= 4 is 29.9 Å². The van der Waals surface area contributed by atoms with E-state index in [1.807, 2.05) is 0 Å². The van der Waals surface area contributed by atoms with Gasteiger partial charge in [0.05, 0.1) is 12.7 Å². The monoisotopic (exact) mass is 457 g/mol. The van der Waals surface area contributed by atoms with Gasteiger partial charge in [0.1, 0.15) is 0 Å². The second-order valence-electron chi connectivity index (χ2n) is 5.72. The van der Waals surface area contributed by atoms with Gasteiger partial charge in [-0.15, -0.1) is 24.0 Å². The maximum atomic E-state index is 5.75. The molecule has 6 nitrogen and oxygen atoms in total. The zero-order chi connectivity index (χ0) is 16.6. The Morgan fingerprint density at radius 3 is 2.67 bits per heavy atom. The minimum atomic E-state index is 0. The van der Waals surface area contributed by atoms with Gasteiger partial charge >= 0.3 is 0 Å². The second kappa shape index (κ2) is 17.7. The van der Waals surface area contributed by atoms with Gasteiger partial charge in [-0.05, 0) is 32.6 Å². The third-order valence-electron chi connectivity index (χ3n) is 3.56. The number of ether oxygens (including phenoxy) is 3. The normalized spacial score (nSPS) is 17.6. The molecule has 0 aromatic rings. The zero-order valence-corrected chi connectivity index (χ0v) is 17.7. The Balaban J connectivity index is 0.00000529. The van der Waals surface area contributed by atoms with Crippen molar-refractivity contribution < 1.29 is 14.2 Å². The van der Waals surface area contributed by atoms with Gasteiger partial charge in [-0.2, -0.15) is 0 Å². The maximum absolute atomic E-state index is 5.75. The molecule has 1 heterocycles. The number of hydrogen-bond acceptors (Lipinski definition) is 4. The molecular weight excluding hydrogens is 421 g/mol. The number of guanidine groups is 1. The molecule has 1 unspecified atom stereocenters. The lowest BCUT2D eigenvalue weighted by Crippen LogP contribution is -2.38. The Kier molecular flexibility index (Phi) is 17.6. The number of nitrogens with zero attached hydrogens (tertiary/aromatic N) is 1. The van der Waals surface area contributed by atoms with E-state index in [4.69, 9.17) is 14.2 Å². The fraction of sp³-hybridized carbons (Fsp3) is 0.941. The minimum Gasteiger partial charge on any atom is -0.381 e. The van der Waals surface area contributed by atoms with Crippen LogP contribution in [-0.4, -0.2) is 64.7 Å². The highest BCUT2D eigenvalue weighted by Gasteiger charge is 2.15. The van der Waals surface area contributed by atoms with Crippen LogP contribution in [0.4, 0.5) is 0 Å². The molecule has 0 radical (unpaired) electrons. The van der Waals surface area contributed by atoms with Gasteiger partial charge in [-0.1, -0.05) is 13.3 Å². The average molecular weight is 457 g/mol. The highest BCUT2D eigenvalue weighted by atomic mass is 127. The molecule has 24 heavy (non-hydrogen) atoms. The van der Waals surface area contributed by atoms with Crippen LogP contribution in [0, 0.1) is 0 Å². The van der Waals surface area contributed by atoms with Gasteiger partial charge in [-0.3, -0.25) is 4.99 Å². The summed E-state index contributed by atoms with van der Waals surface area (Å²) in [5.41, 5.74) is 0. The molecule has 1 saturated heterocycles. The summed E-state index contributed by atoms with van der Waals surface area (Å²) in [5.74, 6) is 0.880. The topological polar surface area (TPSA) is 64.1 Å². The summed E-state index contributed by atoms with van der Waals surface area (Å²) in [6, 6.07) is 0. The Hall–Kier alpha value is -0.120. The summed E-state index contributed by atoms with van der Waals surface area (Å²) in [6.07, 6.45) is 5.58. The van der Waals surface area contributed by atoms with Crippen LogP contribution >= 0.6 is 24.0 Å². The summed E-state index contributed by atoms with van der Waals surface area (Å²) >= 11 is 0. The number of halogens is 1. The number of unbranched alkanes of at least 4 members (excludes halogenated alkanes) is 1. The van der Waals surface area contributed by atoms with E-state index in [2.05, 4.69) is 29.5 Å². The smallest absolute Gasteiger partial charge is 0.191 e. The molecule has 0 amide bonds. The third kappa shape index (κ3) is 13.2. The molecular formula is C17H36IN3O3. The van der Waals surface area contributed by atoms with E-state index in [0.717, 1.165) is 84.3 Å². The Morgan fingerprint density at radius 2 is 1.96 bits per heavy atom. The van der Waals surface area contributed by atoms with Crippen molar-refractivity contribution in [3.63, 3.8) is 0 Å². The first-order chi connectivity index (χ1) is 11.4. The van der Waals surface area contributed by atoms with Crippen LogP contribution < -0.4 is 10.6 Å². The molecule has 1 rings (SSSR count). The van der Waals surface area contributed by atoms with Crippen LogP contribution in [0.5, 0.6) is 0 Å². The predicted molar refractivity (Wildman–Crippen MR) is 110 cm³/mol. The van der Waals surface area contributed by atoms with Crippen molar-refractivity contribution in [3.05, 3.63) is 0 Å². The van der Waals surface area contributed by atoms with Crippen LogP contribution in [0.3, 0.4) is 0 Å². The molecule has 0 bridgehead atoms. The van der Waals surface area contributed by atoms with Crippen molar-refractivity contribution in [3.8, 4) is 0 Å². The van der Waals surface area contributed by atoms with Gasteiger partial charge in [0.15, 0.2) is 5.96 Å². The Labute approximate surface area is 164 Å². The van der Waals surface area contributed by atoms with Crippen LogP contribution in [0.15, 0.2) is 4.99 Å². The lowest BCUT2D eigenvalue weighted by atomic mass is 10.3. The summed E-state index contributed by atoms with van der Waals surface area (Å²) < 4.78 is 16.6. The molecule has 1 fully saturated rings. The molecule has 0 saturated carbocycles. The first kappa shape index (κ1) is 23.9. The summed E-state index contributed by atoms with van der Waals surface area (Å²) in [4.78, 5) is 4.56. The largest absolute Gasteiger partial charge is 0.381 e. The molecule has 0 aromatic heterocycles. The summed E-state index contributed by atoms with van der Waals surface area (Å²) in [6.45, 7) is 10.8. The van der Waals surface area contributed by atoms with Crippen molar-refractivity contribution in [2.75, 3.05) is 52.7 Å². The number of aliphatic imine (C=N–C) groups is 1. The predicted octanol–water partition coefficient (Wildman–Crippen LogP) is 2.56. The number of hydrogen-bond donors (Lipinski definition) is 2. The van der Waals surface area contributed by atoms with Crippen LogP contribution in [0.25, 0.3) is 0 Å². The van der Waals surface area contributed by atoms with E-state index in [0.29, 0.717) is 6.10 Å². The molecule has 2 N–H and O–H groups in total. The van der Waals surface area contributed by atoms with Gasteiger partial charge in [0, 0.05) is 46.1 Å². The fourth-order valence-corrected chi connectivity index (χ4v) is 2.22. The fourth-order valence-electron chi connectivity index (χ4n) is 2.22. The summed E-state index contributed by atoms with van der Waals surface area (Å²) in [7, 11) is 0. The molecule has 0 aliphatic carbocycles. The number of rotatable bonds is 13. The van der Waals surface area contributed by atoms with E-state index >= 15 is 0 Å². The summed E-state index contributed by atoms with van der Waals surface area (Å²) in [5, 5.41) is 6.61. The average Bonchev–Trinajstić information content (AvgIpc) is 3.07. The van der Waals surface area contributed by atoms with E-state index in [1.165, 1.54) is 6.42 Å². The van der Waals surface area contributed by atoms with Crippen LogP contribution in [0.1, 0.15) is 46.0 Å². The SMILES string of the molecule is CCCCOCCCN=C(NCC)NCCCOC1CCOC1.I. The highest BCUT2D eigenvalue weighted by Crippen LogP contribution is 2.07. The molecule has 0 aromatic carbocycles. The maximum Gasteiger partial charge on any atom is 0.191 e. The quantitative estimate of drug-likeness (QED) is 0.193. The van der Waals surface area contributed by atoms with Gasteiger partial charge in [0.25, 0.3) is 0 Å². The Bertz CT molecular complexity index is 301. The van der Waals surface area contributed by atoms with E-state index < -0.39 is 0 Å². The standard InChI is InChI=1S/C17H35N3O3.HI/c1-3-5-11-21-12-6-9-19-17(18-4-2)20-10-7-13-23-16-8-14-22-15-16;/h16H,3-15H2,1-2H3,(H2,18,19,20);1H. The van der Waals surface area contributed by atoms with E-state index in [9.17, 15) is 0 Å². The lowest BCUT2D eigenvalue weighted by Gasteiger charge is -2.13. The highest BCUT2D eigenvalue weighted by molar-refractivity contribution is 14.0. The first-order valence-corrected chi connectivity index (χ1v) is 9.16. The van der Waals surface area contributed by atoms with Crippen molar-refractivity contribution in [2.45, 2.75) is 52.1 Å². The molecule has 7 heteroatoms. The second-order valence-corrected chi connectivity index (χ2v) is 5.72. The lowest BCUT2D eigenvalue weighted by molar-refractivity contribution is 0.0420. The Morgan fingerprint density at radius 1 is 1.12 bits per heavy atom. The molecule has 1 atom stereocenters. The first-order valence-electron chi connectivity index (χ1n) is 9.16. The third-order valence-corrected chi connectivity index (χ3v) is 3.56. The van der Waals surface area contributed by atoms with Crippen LogP contribution in [-0.2, 0) is 14.2 Å². The van der Waals surface area contributed by atoms with Crippen molar-refractivity contribution in [1.29, 1.82) is 0 Å². The van der Waals surface area contributed by atoms with Crippen molar-refractivity contribution in [2.24, 2.45) is 4.99 Å². The van der Waals surface area contributed by atoms with Gasteiger partial charge < -0.3 is 24.8 Å². The van der Waals surface area contributed by atoms with Gasteiger partial charge in [0.2, 0.25) is 0 Å². The molecule has 144 valence electrons. The van der Waals surface area contributed by atoms with Crippen LogP contribution in [0.2, 0.25) is 0 Å². The minimum absolute atomic E-state index is 0. The van der Waals surface area contributed by atoms with E-state index in [-0.39, 0.29) is 24.0 Å².